The van der Waals surface area contributed by atoms with E-state index in [2.05, 4.69) is 17.6 Å². The molecule has 0 aromatic carbocycles. The fraction of sp³-hybridized carbons (Fsp3) is 0.833. The molecule has 16 heavy (non-hydrogen) atoms. The summed E-state index contributed by atoms with van der Waals surface area (Å²) in [6.07, 6.45) is 5.22. The molecule has 94 valence electrons. The maximum atomic E-state index is 11.3. The molecule has 0 rings (SSSR count). The second-order valence-electron chi connectivity index (χ2n) is 4.10. The summed E-state index contributed by atoms with van der Waals surface area (Å²) in [7, 11) is 0. The third-order valence-corrected chi connectivity index (χ3v) is 2.51. The van der Waals surface area contributed by atoms with Gasteiger partial charge in [-0.3, -0.25) is 9.59 Å². The van der Waals surface area contributed by atoms with Gasteiger partial charge in [-0.2, -0.15) is 0 Å². The summed E-state index contributed by atoms with van der Waals surface area (Å²) in [6, 6.07) is 0.0540. The third-order valence-electron chi connectivity index (χ3n) is 2.51. The average Bonchev–Trinajstić information content (AvgIpc) is 2.28. The highest BCUT2D eigenvalue weighted by Crippen LogP contribution is 1.96. The summed E-state index contributed by atoms with van der Waals surface area (Å²) in [5, 5.41) is 5.25. The monoisotopic (exact) mass is 228 g/mol. The molecule has 0 unspecified atom stereocenters. The van der Waals surface area contributed by atoms with Gasteiger partial charge < -0.3 is 10.6 Å². The number of unbranched alkanes of at least 4 members (excludes halogenated alkanes) is 3. The van der Waals surface area contributed by atoms with Gasteiger partial charge in [0.05, 0.1) is 0 Å². The molecule has 0 aliphatic carbocycles. The van der Waals surface area contributed by atoms with Crippen molar-refractivity contribution in [2.45, 2.75) is 58.9 Å². The number of amides is 2. The summed E-state index contributed by atoms with van der Waals surface area (Å²) in [6.45, 7) is 6.57. The Morgan fingerprint density at radius 1 is 1.06 bits per heavy atom. The predicted octanol–water partition coefficient (Wildman–Crippen LogP) is 1.60. The third kappa shape index (κ3) is 7.26. The van der Waals surface area contributed by atoms with Gasteiger partial charge in [0.2, 0.25) is 0 Å². The highest BCUT2D eigenvalue weighted by atomic mass is 16.2. The Kier molecular flexibility index (Phi) is 8.58. The SMILES string of the molecule is CCCCCCNC(=O)C(=O)N[C@@H](C)CC. The molecule has 4 heteroatoms. The zero-order valence-corrected chi connectivity index (χ0v) is 10.6. The highest BCUT2D eigenvalue weighted by Gasteiger charge is 2.13. The van der Waals surface area contributed by atoms with Crippen LogP contribution in [0, 0.1) is 0 Å². The number of rotatable bonds is 7. The van der Waals surface area contributed by atoms with E-state index in [1.807, 2.05) is 13.8 Å². The van der Waals surface area contributed by atoms with E-state index in [0.29, 0.717) is 6.54 Å². The van der Waals surface area contributed by atoms with Crippen LogP contribution in [-0.4, -0.2) is 24.4 Å². The van der Waals surface area contributed by atoms with Gasteiger partial charge in [-0.05, 0) is 19.8 Å². The number of hydrogen-bond donors (Lipinski definition) is 2. The van der Waals surface area contributed by atoms with Crippen LogP contribution in [0.3, 0.4) is 0 Å². The van der Waals surface area contributed by atoms with E-state index < -0.39 is 11.8 Å². The normalized spacial score (nSPS) is 11.9. The van der Waals surface area contributed by atoms with Crippen LogP contribution >= 0.6 is 0 Å². The van der Waals surface area contributed by atoms with Crippen molar-refractivity contribution in [3.63, 3.8) is 0 Å². The van der Waals surface area contributed by atoms with E-state index in [-0.39, 0.29) is 6.04 Å². The van der Waals surface area contributed by atoms with Gasteiger partial charge in [0.1, 0.15) is 0 Å². The lowest BCUT2D eigenvalue weighted by Gasteiger charge is -2.10. The molecule has 0 spiro atoms. The lowest BCUT2D eigenvalue weighted by atomic mass is 10.2. The molecule has 0 saturated heterocycles. The Morgan fingerprint density at radius 3 is 2.31 bits per heavy atom. The molecule has 1 atom stereocenters. The van der Waals surface area contributed by atoms with Gasteiger partial charge in [0.15, 0.2) is 0 Å². The molecule has 2 amide bonds. The minimum absolute atomic E-state index is 0.0540. The van der Waals surface area contributed by atoms with Crippen molar-refractivity contribution in [2.75, 3.05) is 6.54 Å². The number of nitrogens with one attached hydrogen (secondary N) is 2. The largest absolute Gasteiger partial charge is 0.348 e. The Labute approximate surface area is 98.2 Å². The average molecular weight is 228 g/mol. The maximum Gasteiger partial charge on any atom is 0.309 e. The van der Waals surface area contributed by atoms with Gasteiger partial charge in [-0.1, -0.05) is 33.1 Å². The van der Waals surface area contributed by atoms with Gasteiger partial charge in [-0.15, -0.1) is 0 Å². The van der Waals surface area contributed by atoms with Crippen molar-refractivity contribution in [3.8, 4) is 0 Å². The van der Waals surface area contributed by atoms with Crippen LogP contribution in [0.4, 0.5) is 0 Å². The second-order valence-corrected chi connectivity index (χ2v) is 4.10. The Hall–Kier alpha value is -1.06. The number of carbonyl (C=O) groups is 2. The standard InChI is InChI=1S/C12H24N2O2/c1-4-6-7-8-9-13-11(15)12(16)14-10(3)5-2/h10H,4-9H2,1-3H3,(H,13,15)(H,14,16)/t10-/m0/s1. The van der Waals surface area contributed by atoms with Crippen molar-refractivity contribution in [1.29, 1.82) is 0 Å². The van der Waals surface area contributed by atoms with Crippen LogP contribution in [0.15, 0.2) is 0 Å². The predicted molar refractivity (Wildman–Crippen MR) is 65.0 cm³/mol. The van der Waals surface area contributed by atoms with Crippen molar-refractivity contribution in [1.82, 2.24) is 10.6 Å². The summed E-state index contributed by atoms with van der Waals surface area (Å²) < 4.78 is 0. The Bertz CT molecular complexity index is 217. The van der Waals surface area contributed by atoms with Crippen LogP contribution < -0.4 is 10.6 Å². The fourth-order valence-corrected chi connectivity index (χ4v) is 1.23. The fourth-order valence-electron chi connectivity index (χ4n) is 1.23. The van der Waals surface area contributed by atoms with Crippen LogP contribution in [0.2, 0.25) is 0 Å². The first kappa shape index (κ1) is 14.9. The summed E-state index contributed by atoms with van der Waals surface area (Å²) in [5.41, 5.74) is 0. The van der Waals surface area contributed by atoms with Gasteiger partial charge in [-0.25, -0.2) is 0 Å². The minimum atomic E-state index is -0.523. The lowest BCUT2D eigenvalue weighted by molar-refractivity contribution is -0.139. The zero-order valence-electron chi connectivity index (χ0n) is 10.6. The van der Waals surface area contributed by atoms with Crippen molar-refractivity contribution >= 4 is 11.8 Å². The molecule has 0 aliphatic rings. The van der Waals surface area contributed by atoms with Crippen LogP contribution in [0.5, 0.6) is 0 Å². The second kappa shape index (κ2) is 9.19. The molecule has 0 aromatic heterocycles. The van der Waals surface area contributed by atoms with Crippen LogP contribution in [0.1, 0.15) is 52.9 Å². The number of carbonyl (C=O) groups excluding carboxylic acids is 2. The molecule has 0 bridgehead atoms. The Balaban J connectivity index is 3.59. The summed E-state index contributed by atoms with van der Waals surface area (Å²) in [4.78, 5) is 22.6. The first-order chi connectivity index (χ1) is 7.61. The summed E-state index contributed by atoms with van der Waals surface area (Å²) in [5.74, 6) is -1.04. The minimum Gasteiger partial charge on any atom is -0.348 e. The van der Waals surface area contributed by atoms with Gasteiger partial charge in [0, 0.05) is 12.6 Å². The van der Waals surface area contributed by atoms with Crippen molar-refractivity contribution in [3.05, 3.63) is 0 Å². The topological polar surface area (TPSA) is 58.2 Å². The Morgan fingerprint density at radius 2 is 1.75 bits per heavy atom. The van der Waals surface area contributed by atoms with Crippen molar-refractivity contribution in [2.24, 2.45) is 0 Å². The molecule has 2 N–H and O–H groups in total. The molecule has 0 radical (unpaired) electrons. The van der Waals surface area contributed by atoms with Crippen LogP contribution in [0.25, 0.3) is 0 Å². The highest BCUT2D eigenvalue weighted by molar-refractivity contribution is 6.35. The van der Waals surface area contributed by atoms with Gasteiger partial charge >= 0.3 is 11.8 Å². The van der Waals surface area contributed by atoms with Gasteiger partial charge in [0.25, 0.3) is 0 Å². The maximum absolute atomic E-state index is 11.3. The smallest absolute Gasteiger partial charge is 0.309 e. The molecule has 0 aromatic rings. The molecule has 0 aliphatic heterocycles. The number of hydrogen-bond acceptors (Lipinski definition) is 2. The van der Waals surface area contributed by atoms with E-state index in [0.717, 1.165) is 19.3 Å². The molecule has 0 heterocycles. The van der Waals surface area contributed by atoms with Crippen LogP contribution in [-0.2, 0) is 9.59 Å². The molecule has 0 fully saturated rings. The van der Waals surface area contributed by atoms with E-state index >= 15 is 0 Å². The lowest BCUT2D eigenvalue weighted by Crippen LogP contribution is -2.43. The molecular formula is C12H24N2O2. The zero-order chi connectivity index (χ0) is 12.4. The first-order valence-electron chi connectivity index (χ1n) is 6.20. The van der Waals surface area contributed by atoms with E-state index in [1.165, 1.54) is 12.8 Å². The van der Waals surface area contributed by atoms with E-state index in [9.17, 15) is 9.59 Å². The molecule has 4 nitrogen and oxygen atoms in total. The van der Waals surface area contributed by atoms with E-state index in [4.69, 9.17) is 0 Å². The quantitative estimate of drug-likeness (QED) is 0.513. The molecular weight excluding hydrogens is 204 g/mol. The van der Waals surface area contributed by atoms with E-state index in [1.54, 1.807) is 0 Å². The summed E-state index contributed by atoms with van der Waals surface area (Å²) >= 11 is 0. The first-order valence-corrected chi connectivity index (χ1v) is 6.20. The van der Waals surface area contributed by atoms with Crippen molar-refractivity contribution < 1.29 is 9.59 Å². The molecule has 0 saturated carbocycles.